The topological polar surface area (TPSA) is 0 Å². The molecule has 0 aliphatic rings. The number of thiophene rings is 1. The lowest BCUT2D eigenvalue weighted by Gasteiger charge is -2.06. The Hall–Kier alpha value is -0.310. The van der Waals surface area contributed by atoms with Gasteiger partial charge in [0.15, 0.2) is 0 Å². The van der Waals surface area contributed by atoms with Gasteiger partial charge in [-0.2, -0.15) is 0 Å². The van der Waals surface area contributed by atoms with Crippen LogP contribution in [0.15, 0.2) is 40.2 Å². The van der Waals surface area contributed by atoms with E-state index in [-0.39, 0.29) is 5.38 Å². The van der Waals surface area contributed by atoms with Gasteiger partial charge in [0.2, 0.25) is 0 Å². The standard InChI is InChI=1S/C12H10BrClS/c1-8-7-10(15-12(8)13)11(14)9-5-3-2-4-6-9/h2-7,11H,1H3. The predicted molar refractivity (Wildman–Crippen MR) is 70.9 cm³/mol. The summed E-state index contributed by atoms with van der Waals surface area (Å²) >= 11 is 11.6. The molecular formula is C12H10BrClS. The van der Waals surface area contributed by atoms with Gasteiger partial charge in [0.1, 0.15) is 0 Å². The van der Waals surface area contributed by atoms with Crippen LogP contribution in [0.25, 0.3) is 0 Å². The van der Waals surface area contributed by atoms with Crippen LogP contribution in [0, 0.1) is 6.92 Å². The third-order valence-electron chi connectivity index (χ3n) is 2.22. The maximum atomic E-state index is 6.41. The fourth-order valence-electron chi connectivity index (χ4n) is 1.39. The number of benzene rings is 1. The molecule has 0 saturated heterocycles. The Kier molecular flexibility index (Phi) is 3.49. The molecule has 2 rings (SSSR count). The van der Waals surface area contributed by atoms with Crippen LogP contribution >= 0.6 is 38.9 Å². The van der Waals surface area contributed by atoms with E-state index in [4.69, 9.17) is 11.6 Å². The highest BCUT2D eigenvalue weighted by atomic mass is 79.9. The van der Waals surface area contributed by atoms with Gasteiger partial charge in [-0.3, -0.25) is 0 Å². The van der Waals surface area contributed by atoms with E-state index in [1.807, 2.05) is 18.2 Å². The maximum Gasteiger partial charge on any atom is 0.0928 e. The van der Waals surface area contributed by atoms with E-state index < -0.39 is 0 Å². The second kappa shape index (κ2) is 4.69. The van der Waals surface area contributed by atoms with Gasteiger partial charge in [-0.25, -0.2) is 0 Å². The van der Waals surface area contributed by atoms with Crippen LogP contribution < -0.4 is 0 Å². The van der Waals surface area contributed by atoms with Crippen LogP contribution in [0.2, 0.25) is 0 Å². The lowest BCUT2D eigenvalue weighted by Crippen LogP contribution is -1.88. The average Bonchev–Trinajstić information content (AvgIpc) is 2.59. The van der Waals surface area contributed by atoms with E-state index in [2.05, 4.69) is 41.1 Å². The van der Waals surface area contributed by atoms with E-state index >= 15 is 0 Å². The lowest BCUT2D eigenvalue weighted by molar-refractivity contribution is 1.18. The smallest absolute Gasteiger partial charge is 0.0928 e. The summed E-state index contributed by atoms with van der Waals surface area (Å²) in [5, 5.41) is -0.0406. The molecule has 0 radical (unpaired) electrons. The number of hydrogen-bond donors (Lipinski definition) is 0. The molecule has 0 nitrogen and oxygen atoms in total. The quantitative estimate of drug-likeness (QED) is 0.673. The molecule has 1 aromatic carbocycles. The fourth-order valence-corrected chi connectivity index (χ4v) is 3.31. The molecule has 0 aliphatic carbocycles. The van der Waals surface area contributed by atoms with E-state index in [1.54, 1.807) is 11.3 Å². The van der Waals surface area contributed by atoms with Crippen LogP contribution in [-0.4, -0.2) is 0 Å². The van der Waals surface area contributed by atoms with E-state index in [0.29, 0.717) is 0 Å². The van der Waals surface area contributed by atoms with Crippen molar-refractivity contribution in [3.63, 3.8) is 0 Å². The molecule has 3 heteroatoms. The normalized spacial score (nSPS) is 12.7. The summed E-state index contributed by atoms with van der Waals surface area (Å²) < 4.78 is 1.17. The summed E-state index contributed by atoms with van der Waals surface area (Å²) in [6.07, 6.45) is 0. The molecule has 0 aliphatic heterocycles. The highest BCUT2D eigenvalue weighted by Crippen LogP contribution is 2.37. The SMILES string of the molecule is Cc1cc(C(Cl)c2ccccc2)sc1Br. The van der Waals surface area contributed by atoms with Crippen molar-refractivity contribution in [1.29, 1.82) is 0 Å². The van der Waals surface area contributed by atoms with Gasteiger partial charge in [0, 0.05) is 4.88 Å². The third-order valence-corrected chi connectivity index (χ3v) is 5.04. The van der Waals surface area contributed by atoms with Crippen molar-refractivity contribution >= 4 is 38.9 Å². The highest BCUT2D eigenvalue weighted by molar-refractivity contribution is 9.11. The number of hydrogen-bond acceptors (Lipinski definition) is 1. The first-order chi connectivity index (χ1) is 7.18. The second-order valence-corrected chi connectivity index (χ2v) is 6.22. The predicted octanol–water partition coefficient (Wildman–Crippen LogP) is 5.15. The van der Waals surface area contributed by atoms with Crippen molar-refractivity contribution in [3.05, 3.63) is 56.2 Å². The zero-order valence-corrected chi connectivity index (χ0v) is 11.4. The molecular weight excluding hydrogens is 292 g/mol. The molecule has 0 amide bonds. The van der Waals surface area contributed by atoms with Gasteiger partial charge >= 0.3 is 0 Å². The van der Waals surface area contributed by atoms with Crippen molar-refractivity contribution in [2.24, 2.45) is 0 Å². The van der Waals surface area contributed by atoms with Gasteiger partial charge in [0.05, 0.1) is 9.16 Å². The van der Waals surface area contributed by atoms with Gasteiger partial charge < -0.3 is 0 Å². The lowest BCUT2D eigenvalue weighted by atomic mass is 10.1. The number of alkyl halides is 1. The van der Waals surface area contributed by atoms with Crippen LogP contribution in [0.3, 0.4) is 0 Å². The molecule has 2 aromatic rings. The van der Waals surface area contributed by atoms with E-state index in [1.165, 1.54) is 14.2 Å². The molecule has 0 bridgehead atoms. The summed E-state index contributed by atoms with van der Waals surface area (Å²) in [6.45, 7) is 2.08. The summed E-state index contributed by atoms with van der Waals surface area (Å²) in [6, 6.07) is 12.3. The Labute approximate surface area is 107 Å². The number of halogens is 2. The zero-order valence-electron chi connectivity index (χ0n) is 8.21. The summed E-state index contributed by atoms with van der Waals surface area (Å²) in [7, 11) is 0. The Morgan fingerprint density at radius 1 is 1.27 bits per heavy atom. The van der Waals surface area contributed by atoms with Crippen molar-refractivity contribution in [2.75, 3.05) is 0 Å². The molecule has 1 unspecified atom stereocenters. The number of aryl methyl sites for hydroxylation is 1. The Morgan fingerprint density at radius 3 is 2.47 bits per heavy atom. The molecule has 78 valence electrons. The highest BCUT2D eigenvalue weighted by Gasteiger charge is 2.13. The minimum absolute atomic E-state index is 0.0406. The minimum Gasteiger partial charge on any atom is -0.131 e. The Balaban J connectivity index is 2.32. The monoisotopic (exact) mass is 300 g/mol. The van der Waals surface area contributed by atoms with E-state index in [9.17, 15) is 0 Å². The minimum atomic E-state index is -0.0406. The zero-order chi connectivity index (χ0) is 10.8. The van der Waals surface area contributed by atoms with Crippen molar-refractivity contribution in [1.82, 2.24) is 0 Å². The van der Waals surface area contributed by atoms with Gasteiger partial charge in [0.25, 0.3) is 0 Å². The van der Waals surface area contributed by atoms with Crippen LogP contribution in [-0.2, 0) is 0 Å². The summed E-state index contributed by atoms with van der Waals surface area (Å²) in [5.74, 6) is 0. The molecule has 0 saturated carbocycles. The molecule has 15 heavy (non-hydrogen) atoms. The molecule has 1 heterocycles. The van der Waals surface area contributed by atoms with Gasteiger partial charge in [-0.1, -0.05) is 30.3 Å². The Morgan fingerprint density at radius 2 is 1.93 bits per heavy atom. The van der Waals surface area contributed by atoms with Crippen LogP contribution in [0.1, 0.15) is 21.4 Å². The maximum absolute atomic E-state index is 6.41. The Bertz CT molecular complexity index is 430. The number of rotatable bonds is 2. The molecule has 0 N–H and O–H groups in total. The van der Waals surface area contributed by atoms with Crippen molar-refractivity contribution in [3.8, 4) is 0 Å². The first kappa shape index (κ1) is 11.2. The van der Waals surface area contributed by atoms with Crippen molar-refractivity contribution in [2.45, 2.75) is 12.3 Å². The molecule has 0 spiro atoms. The van der Waals surface area contributed by atoms with Crippen LogP contribution in [0.5, 0.6) is 0 Å². The first-order valence-corrected chi connectivity index (χ1v) is 6.68. The second-order valence-electron chi connectivity index (χ2n) is 3.38. The third kappa shape index (κ3) is 2.44. The van der Waals surface area contributed by atoms with Gasteiger partial charge in [-0.15, -0.1) is 22.9 Å². The van der Waals surface area contributed by atoms with Crippen molar-refractivity contribution < 1.29 is 0 Å². The summed E-state index contributed by atoms with van der Waals surface area (Å²) in [5.41, 5.74) is 2.39. The summed E-state index contributed by atoms with van der Waals surface area (Å²) in [4.78, 5) is 1.19. The van der Waals surface area contributed by atoms with Crippen LogP contribution in [0.4, 0.5) is 0 Å². The van der Waals surface area contributed by atoms with E-state index in [0.717, 1.165) is 5.56 Å². The molecule has 1 atom stereocenters. The largest absolute Gasteiger partial charge is 0.131 e. The average molecular weight is 302 g/mol. The first-order valence-electron chi connectivity index (χ1n) is 4.63. The molecule has 1 aromatic heterocycles. The fraction of sp³-hybridized carbons (Fsp3) is 0.167. The van der Waals surface area contributed by atoms with Gasteiger partial charge in [-0.05, 0) is 40.0 Å². The molecule has 0 fully saturated rings.